The SMILES string of the molecule is Cc1ccc2c(N(CCC#N)C3CC3)nc(-c3ccccc3O)nc2c1. The van der Waals surface area contributed by atoms with E-state index in [9.17, 15) is 5.11 Å². The van der Waals surface area contributed by atoms with E-state index in [1.165, 1.54) is 0 Å². The van der Waals surface area contributed by atoms with Gasteiger partial charge in [-0.05, 0) is 49.6 Å². The van der Waals surface area contributed by atoms with E-state index in [4.69, 9.17) is 15.2 Å². The maximum Gasteiger partial charge on any atom is 0.165 e. The van der Waals surface area contributed by atoms with Crippen molar-refractivity contribution in [3.05, 3.63) is 48.0 Å². The molecule has 0 atom stereocenters. The van der Waals surface area contributed by atoms with Gasteiger partial charge >= 0.3 is 0 Å². The first-order chi connectivity index (χ1) is 12.7. The first-order valence-corrected chi connectivity index (χ1v) is 8.88. The van der Waals surface area contributed by atoms with E-state index in [0.717, 1.165) is 35.1 Å². The van der Waals surface area contributed by atoms with Crippen LogP contribution < -0.4 is 4.90 Å². The van der Waals surface area contributed by atoms with Crippen molar-refractivity contribution in [1.29, 1.82) is 5.26 Å². The number of aromatic hydroxyl groups is 1. The molecule has 5 nitrogen and oxygen atoms in total. The third-order valence-corrected chi connectivity index (χ3v) is 4.70. The first-order valence-electron chi connectivity index (χ1n) is 8.88. The summed E-state index contributed by atoms with van der Waals surface area (Å²) < 4.78 is 0. The molecule has 1 N–H and O–H groups in total. The van der Waals surface area contributed by atoms with E-state index in [1.54, 1.807) is 12.1 Å². The number of para-hydroxylation sites is 1. The van der Waals surface area contributed by atoms with Gasteiger partial charge in [-0.25, -0.2) is 9.97 Å². The number of phenolic OH excluding ortho intramolecular Hbond substituents is 1. The number of benzene rings is 2. The third kappa shape index (κ3) is 3.06. The molecule has 1 aliphatic carbocycles. The lowest BCUT2D eigenvalue weighted by atomic mass is 10.1. The number of nitrogens with zero attached hydrogens (tertiary/aromatic N) is 4. The van der Waals surface area contributed by atoms with Gasteiger partial charge in [-0.1, -0.05) is 18.2 Å². The van der Waals surface area contributed by atoms with Crippen molar-refractivity contribution in [2.75, 3.05) is 11.4 Å². The monoisotopic (exact) mass is 344 g/mol. The van der Waals surface area contributed by atoms with Gasteiger partial charge in [0.15, 0.2) is 5.82 Å². The molecule has 0 saturated heterocycles. The molecule has 0 radical (unpaired) electrons. The van der Waals surface area contributed by atoms with E-state index in [-0.39, 0.29) is 5.75 Å². The van der Waals surface area contributed by atoms with Gasteiger partial charge in [-0.2, -0.15) is 5.26 Å². The highest BCUT2D eigenvalue weighted by Crippen LogP contribution is 2.37. The molecule has 130 valence electrons. The Morgan fingerprint density at radius 2 is 2.00 bits per heavy atom. The van der Waals surface area contributed by atoms with Gasteiger partial charge in [0, 0.05) is 18.0 Å². The van der Waals surface area contributed by atoms with Crippen molar-refractivity contribution in [3.8, 4) is 23.2 Å². The average molecular weight is 344 g/mol. The van der Waals surface area contributed by atoms with Gasteiger partial charge in [0.1, 0.15) is 11.6 Å². The Hall–Kier alpha value is -3.13. The summed E-state index contributed by atoms with van der Waals surface area (Å²) in [6.45, 7) is 2.69. The van der Waals surface area contributed by atoms with Crippen molar-refractivity contribution in [2.45, 2.75) is 32.2 Å². The molecule has 0 unspecified atom stereocenters. The van der Waals surface area contributed by atoms with E-state index < -0.39 is 0 Å². The van der Waals surface area contributed by atoms with Crippen molar-refractivity contribution < 1.29 is 5.11 Å². The summed E-state index contributed by atoms with van der Waals surface area (Å²) >= 11 is 0. The van der Waals surface area contributed by atoms with Crippen molar-refractivity contribution in [2.24, 2.45) is 0 Å². The molecular weight excluding hydrogens is 324 g/mol. The summed E-state index contributed by atoms with van der Waals surface area (Å²) in [6.07, 6.45) is 2.70. The molecule has 0 bridgehead atoms. The standard InChI is InChI=1S/C21H20N4O/c1-14-7-10-16-18(13-14)23-20(17-5-2-3-6-19(17)26)24-21(16)25(12-4-11-22)15-8-9-15/h2-3,5-7,10,13,15,26H,4,8-9,12H2,1H3. The normalized spacial score (nSPS) is 13.5. The summed E-state index contributed by atoms with van der Waals surface area (Å²) in [4.78, 5) is 11.8. The molecule has 4 rings (SSSR count). The molecule has 1 saturated carbocycles. The molecule has 0 amide bonds. The maximum atomic E-state index is 10.2. The summed E-state index contributed by atoms with van der Waals surface area (Å²) in [5, 5.41) is 20.3. The Labute approximate surface area is 152 Å². The van der Waals surface area contributed by atoms with Crippen molar-refractivity contribution in [1.82, 2.24) is 9.97 Å². The first kappa shape index (κ1) is 16.3. The quantitative estimate of drug-likeness (QED) is 0.751. The topological polar surface area (TPSA) is 73.0 Å². The predicted octanol–water partition coefficient (Wildman–Crippen LogP) is 4.19. The zero-order valence-corrected chi connectivity index (χ0v) is 14.7. The number of aromatic nitrogens is 2. The Morgan fingerprint density at radius 1 is 1.19 bits per heavy atom. The van der Waals surface area contributed by atoms with Gasteiger partial charge < -0.3 is 10.0 Å². The van der Waals surface area contributed by atoms with Crippen LogP contribution in [0.2, 0.25) is 0 Å². The lowest BCUT2D eigenvalue weighted by molar-refractivity contribution is 0.477. The molecule has 1 fully saturated rings. The van der Waals surface area contributed by atoms with Crippen LogP contribution in [0.25, 0.3) is 22.3 Å². The second-order valence-corrected chi connectivity index (χ2v) is 6.74. The van der Waals surface area contributed by atoms with Crippen molar-refractivity contribution in [3.63, 3.8) is 0 Å². The molecule has 1 heterocycles. The Morgan fingerprint density at radius 3 is 2.73 bits per heavy atom. The Balaban J connectivity index is 1.92. The molecule has 0 spiro atoms. The third-order valence-electron chi connectivity index (χ3n) is 4.70. The summed E-state index contributed by atoms with van der Waals surface area (Å²) in [5.41, 5.74) is 2.60. The number of hydrogen-bond acceptors (Lipinski definition) is 5. The largest absolute Gasteiger partial charge is 0.507 e. The molecule has 3 aromatic rings. The Kier molecular flexibility index (Phi) is 4.18. The molecule has 2 aromatic carbocycles. The molecule has 26 heavy (non-hydrogen) atoms. The second kappa shape index (κ2) is 6.64. The minimum Gasteiger partial charge on any atom is -0.507 e. The highest BCUT2D eigenvalue weighted by atomic mass is 16.3. The summed E-state index contributed by atoms with van der Waals surface area (Å²) in [5.74, 6) is 1.53. The van der Waals surface area contributed by atoms with E-state index in [0.29, 0.717) is 30.4 Å². The molecule has 1 aromatic heterocycles. The number of nitriles is 1. The fourth-order valence-electron chi connectivity index (χ4n) is 3.24. The molecule has 5 heteroatoms. The minimum absolute atomic E-state index is 0.167. The van der Waals surface area contributed by atoms with Gasteiger partial charge in [0.2, 0.25) is 0 Å². The number of phenols is 1. The van der Waals surface area contributed by atoms with Crippen LogP contribution in [0.4, 0.5) is 5.82 Å². The zero-order valence-electron chi connectivity index (χ0n) is 14.7. The fourth-order valence-corrected chi connectivity index (χ4v) is 3.24. The minimum atomic E-state index is 0.167. The summed E-state index contributed by atoms with van der Waals surface area (Å²) in [7, 11) is 0. The summed E-state index contributed by atoms with van der Waals surface area (Å²) in [6, 6.07) is 15.9. The number of aryl methyl sites for hydroxylation is 1. The van der Waals surface area contributed by atoms with Crippen LogP contribution in [0, 0.1) is 18.3 Å². The number of hydrogen-bond donors (Lipinski definition) is 1. The van der Waals surface area contributed by atoms with E-state index in [2.05, 4.69) is 23.1 Å². The van der Waals surface area contributed by atoms with Crippen molar-refractivity contribution >= 4 is 16.7 Å². The van der Waals surface area contributed by atoms with Gasteiger partial charge in [0.25, 0.3) is 0 Å². The van der Waals surface area contributed by atoms with Crippen LogP contribution in [0.1, 0.15) is 24.8 Å². The smallest absolute Gasteiger partial charge is 0.165 e. The van der Waals surface area contributed by atoms with Crippen LogP contribution >= 0.6 is 0 Å². The maximum absolute atomic E-state index is 10.2. The van der Waals surface area contributed by atoms with E-state index in [1.807, 2.05) is 25.1 Å². The van der Waals surface area contributed by atoms with Gasteiger partial charge in [0.05, 0.1) is 23.6 Å². The van der Waals surface area contributed by atoms with Gasteiger partial charge in [-0.15, -0.1) is 0 Å². The van der Waals surface area contributed by atoms with Crippen LogP contribution in [0.3, 0.4) is 0 Å². The Bertz CT molecular complexity index is 1000. The second-order valence-electron chi connectivity index (χ2n) is 6.74. The van der Waals surface area contributed by atoms with Crippen LogP contribution in [0.15, 0.2) is 42.5 Å². The molecular formula is C21H20N4O. The zero-order chi connectivity index (χ0) is 18.1. The van der Waals surface area contributed by atoms with Gasteiger partial charge in [-0.3, -0.25) is 0 Å². The predicted molar refractivity (Wildman–Crippen MR) is 102 cm³/mol. The highest BCUT2D eigenvalue weighted by Gasteiger charge is 2.31. The lowest BCUT2D eigenvalue weighted by Gasteiger charge is -2.24. The molecule has 0 aliphatic heterocycles. The fraction of sp³-hybridized carbons (Fsp3) is 0.286. The molecule has 1 aliphatic rings. The van der Waals surface area contributed by atoms with Crippen LogP contribution in [0.5, 0.6) is 5.75 Å². The number of anilines is 1. The lowest BCUT2D eigenvalue weighted by Crippen LogP contribution is -2.28. The highest BCUT2D eigenvalue weighted by molar-refractivity contribution is 5.92. The van der Waals surface area contributed by atoms with Crippen LogP contribution in [-0.4, -0.2) is 27.7 Å². The van der Waals surface area contributed by atoms with Crippen LogP contribution in [-0.2, 0) is 0 Å². The number of fused-ring (bicyclic) bond motifs is 1. The number of rotatable bonds is 5. The average Bonchev–Trinajstić information content (AvgIpc) is 3.47. The van der Waals surface area contributed by atoms with E-state index >= 15 is 0 Å².